The number of fused-ring (bicyclic) bond motifs is 1. The van der Waals surface area contributed by atoms with Gasteiger partial charge in [0.15, 0.2) is 4.80 Å². The van der Waals surface area contributed by atoms with E-state index >= 15 is 0 Å². The van der Waals surface area contributed by atoms with Crippen molar-refractivity contribution < 1.29 is 14.3 Å². The van der Waals surface area contributed by atoms with Gasteiger partial charge in [0.25, 0.3) is 5.91 Å². The maximum absolute atomic E-state index is 12.6. The van der Waals surface area contributed by atoms with Crippen LogP contribution in [-0.4, -0.2) is 31.3 Å². The Morgan fingerprint density at radius 1 is 1.20 bits per heavy atom. The summed E-state index contributed by atoms with van der Waals surface area (Å²) >= 11 is 1.50. The third-order valence-corrected chi connectivity index (χ3v) is 5.02. The van der Waals surface area contributed by atoms with Crippen molar-refractivity contribution in [2.75, 3.05) is 20.8 Å². The lowest BCUT2D eigenvalue weighted by atomic mass is 10.1. The second kappa shape index (κ2) is 7.63. The van der Waals surface area contributed by atoms with Gasteiger partial charge in [-0.15, -0.1) is 0 Å². The Morgan fingerprint density at radius 3 is 2.76 bits per heavy atom. The van der Waals surface area contributed by atoms with Gasteiger partial charge in [-0.05, 0) is 36.8 Å². The van der Waals surface area contributed by atoms with Gasteiger partial charge in [-0.1, -0.05) is 29.5 Å². The van der Waals surface area contributed by atoms with Crippen LogP contribution in [0.3, 0.4) is 0 Å². The number of aromatic nitrogens is 1. The second-order valence-electron chi connectivity index (χ2n) is 5.60. The molecule has 5 nitrogen and oxygen atoms in total. The zero-order valence-electron chi connectivity index (χ0n) is 14.5. The smallest absolute Gasteiger partial charge is 0.279 e. The fourth-order valence-electron chi connectivity index (χ4n) is 2.61. The highest BCUT2D eigenvalue weighted by Gasteiger charge is 2.10. The van der Waals surface area contributed by atoms with Crippen molar-refractivity contribution in [3.05, 3.63) is 58.4 Å². The molecule has 1 aromatic heterocycles. The number of nitrogens with zero attached hydrogens (tertiary/aromatic N) is 2. The molecule has 25 heavy (non-hydrogen) atoms. The first-order chi connectivity index (χ1) is 12.1. The first-order valence-electron chi connectivity index (χ1n) is 7.95. The molecule has 0 atom stereocenters. The molecule has 0 aliphatic heterocycles. The Kier molecular flexibility index (Phi) is 5.31. The summed E-state index contributed by atoms with van der Waals surface area (Å²) in [6.45, 7) is 3.14. The Hall–Kier alpha value is -2.44. The minimum atomic E-state index is -0.281. The number of thiazole rings is 1. The summed E-state index contributed by atoms with van der Waals surface area (Å²) in [4.78, 5) is 17.7. The second-order valence-corrected chi connectivity index (χ2v) is 6.61. The number of benzene rings is 2. The van der Waals surface area contributed by atoms with Crippen molar-refractivity contribution in [2.24, 2.45) is 4.99 Å². The van der Waals surface area contributed by atoms with Crippen molar-refractivity contribution >= 4 is 27.5 Å². The molecule has 0 unspecified atom stereocenters. The van der Waals surface area contributed by atoms with Crippen LogP contribution in [0.15, 0.2) is 47.5 Å². The Balaban J connectivity index is 2.06. The Morgan fingerprint density at radius 2 is 2.00 bits per heavy atom. The van der Waals surface area contributed by atoms with E-state index in [0.29, 0.717) is 29.3 Å². The zero-order chi connectivity index (χ0) is 17.8. The van der Waals surface area contributed by atoms with E-state index < -0.39 is 0 Å². The molecule has 130 valence electrons. The van der Waals surface area contributed by atoms with E-state index in [2.05, 4.69) is 4.99 Å². The maximum atomic E-state index is 12.6. The molecule has 0 spiro atoms. The molecule has 0 radical (unpaired) electrons. The Bertz CT molecular complexity index is 972. The van der Waals surface area contributed by atoms with Gasteiger partial charge in [0.05, 0.1) is 23.9 Å². The molecule has 0 bridgehead atoms. The number of amides is 1. The van der Waals surface area contributed by atoms with E-state index in [1.165, 1.54) is 11.3 Å². The monoisotopic (exact) mass is 356 g/mol. The fourth-order valence-corrected chi connectivity index (χ4v) is 3.66. The van der Waals surface area contributed by atoms with Crippen molar-refractivity contribution in [1.29, 1.82) is 0 Å². The number of methoxy groups -OCH3 is 2. The molecular formula is C19H20N2O3S. The number of hydrogen-bond donors (Lipinski definition) is 0. The molecule has 0 saturated heterocycles. The number of hydrogen-bond acceptors (Lipinski definition) is 4. The lowest BCUT2D eigenvalue weighted by Crippen LogP contribution is -2.19. The third kappa shape index (κ3) is 3.65. The van der Waals surface area contributed by atoms with Crippen LogP contribution in [0, 0.1) is 6.92 Å². The Labute approximate surface area is 150 Å². The number of para-hydroxylation sites is 1. The van der Waals surface area contributed by atoms with Crippen LogP contribution in [0.4, 0.5) is 0 Å². The van der Waals surface area contributed by atoms with Gasteiger partial charge < -0.3 is 14.0 Å². The van der Waals surface area contributed by atoms with E-state index in [9.17, 15) is 4.79 Å². The number of carbonyl (C=O) groups is 1. The lowest BCUT2D eigenvalue weighted by Gasteiger charge is -2.06. The quantitative estimate of drug-likeness (QED) is 0.704. The van der Waals surface area contributed by atoms with Crippen LogP contribution in [0.2, 0.25) is 0 Å². The van der Waals surface area contributed by atoms with Gasteiger partial charge in [-0.2, -0.15) is 4.99 Å². The number of aryl methyl sites for hydroxylation is 1. The molecule has 0 aliphatic carbocycles. The van der Waals surface area contributed by atoms with Gasteiger partial charge in [-0.3, -0.25) is 4.79 Å². The predicted octanol–water partition coefficient (Wildman–Crippen LogP) is 3.41. The molecule has 0 fully saturated rings. The maximum Gasteiger partial charge on any atom is 0.279 e. The molecular weight excluding hydrogens is 336 g/mol. The van der Waals surface area contributed by atoms with Crippen molar-refractivity contribution in [1.82, 2.24) is 4.57 Å². The molecule has 1 amide bonds. The van der Waals surface area contributed by atoms with Gasteiger partial charge in [-0.25, -0.2) is 0 Å². The summed E-state index contributed by atoms with van der Waals surface area (Å²) in [7, 11) is 3.26. The highest BCUT2D eigenvalue weighted by Crippen LogP contribution is 2.20. The topological polar surface area (TPSA) is 52.8 Å². The molecule has 0 aliphatic rings. The van der Waals surface area contributed by atoms with Crippen LogP contribution < -0.4 is 9.54 Å². The van der Waals surface area contributed by atoms with Gasteiger partial charge in [0, 0.05) is 19.2 Å². The minimum Gasteiger partial charge on any atom is -0.496 e. The number of rotatable bonds is 5. The summed E-state index contributed by atoms with van der Waals surface area (Å²) in [5.41, 5.74) is 2.55. The highest BCUT2D eigenvalue weighted by molar-refractivity contribution is 7.16. The highest BCUT2D eigenvalue weighted by atomic mass is 32.1. The molecule has 1 heterocycles. The van der Waals surface area contributed by atoms with Crippen molar-refractivity contribution in [3.8, 4) is 5.75 Å². The largest absolute Gasteiger partial charge is 0.496 e. The van der Waals surface area contributed by atoms with Gasteiger partial charge >= 0.3 is 0 Å². The molecule has 0 N–H and O–H groups in total. The van der Waals surface area contributed by atoms with Crippen molar-refractivity contribution in [2.45, 2.75) is 13.5 Å². The van der Waals surface area contributed by atoms with Crippen LogP contribution in [-0.2, 0) is 11.3 Å². The van der Waals surface area contributed by atoms with E-state index in [-0.39, 0.29) is 5.91 Å². The number of carbonyl (C=O) groups excluding carboxylic acids is 1. The first-order valence-corrected chi connectivity index (χ1v) is 8.76. The molecule has 3 rings (SSSR count). The predicted molar refractivity (Wildman–Crippen MR) is 99.3 cm³/mol. The summed E-state index contributed by atoms with van der Waals surface area (Å²) < 4.78 is 13.6. The average Bonchev–Trinajstić information content (AvgIpc) is 2.97. The fraction of sp³-hybridized carbons (Fsp3) is 0.263. The SMILES string of the molecule is COCCn1/c(=N/C(=O)c2ccc(C)c(OC)c2)sc2ccccc21. The standard InChI is InChI=1S/C19H20N2O3S/c1-13-8-9-14(12-16(13)24-3)18(22)20-19-21(10-11-23-2)15-6-4-5-7-17(15)25-19/h4-9,12H,10-11H2,1-3H3/b20-19-. The van der Waals surface area contributed by atoms with E-state index in [1.54, 1.807) is 26.4 Å². The molecule has 6 heteroatoms. The summed E-state index contributed by atoms with van der Waals surface area (Å²) in [6, 6.07) is 13.4. The molecule has 0 saturated carbocycles. The summed E-state index contributed by atoms with van der Waals surface area (Å²) in [5.74, 6) is 0.403. The van der Waals surface area contributed by atoms with Crippen LogP contribution in [0.25, 0.3) is 10.2 Å². The van der Waals surface area contributed by atoms with Crippen LogP contribution in [0.5, 0.6) is 5.75 Å². The minimum absolute atomic E-state index is 0.281. The normalized spacial score (nSPS) is 11.9. The zero-order valence-corrected chi connectivity index (χ0v) is 15.3. The summed E-state index contributed by atoms with van der Waals surface area (Å²) in [6.07, 6.45) is 0. The average molecular weight is 356 g/mol. The van der Waals surface area contributed by atoms with E-state index in [0.717, 1.165) is 15.8 Å². The van der Waals surface area contributed by atoms with Gasteiger partial charge in [0.1, 0.15) is 5.75 Å². The van der Waals surface area contributed by atoms with E-state index in [1.807, 2.05) is 41.8 Å². The van der Waals surface area contributed by atoms with E-state index in [4.69, 9.17) is 9.47 Å². The number of ether oxygens (including phenoxy) is 2. The third-order valence-electron chi connectivity index (χ3n) is 3.96. The summed E-state index contributed by atoms with van der Waals surface area (Å²) in [5, 5.41) is 0. The first kappa shape index (κ1) is 17.4. The van der Waals surface area contributed by atoms with Crippen LogP contribution >= 0.6 is 11.3 Å². The molecule has 3 aromatic rings. The van der Waals surface area contributed by atoms with Crippen LogP contribution in [0.1, 0.15) is 15.9 Å². The molecule has 2 aromatic carbocycles. The van der Waals surface area contributed by atoms with Gasteiger partial charge in [0.2, 0.25) is 0 Å². The van der Waals surface area contributed by atoms with Crippen molar-refractivity contribution in [3.63, 3.8) is 0 Å². The lowest BCUT2D eigenvalue weighted by molar-refractivity contribution is 0.0997.